The van der Waals surface area contributed by atoms with Crippen molar-refractivity contribution in [2.75, 3.05) is 13.7 Å². The first-order valence-corrected chi connectivity index (χ1v) is 3.49. The van der Waals surface area contributed by atoms with E-state index in [2.05, 4.69) is 14.3 Å². The average Bonchev–Trinajstić information content (AvgIpc) is 2.15. The van der Waals surface area contributed by atoms with Crippen molar-refractivity contribution in [1.29, 1.82) is 0 Å². The fourth-order valence-electron chi connectivity index (χ4n) is 0.543. The zero-order chi connectivity index (χ0) is 11.1. The van der Waals surface area contributed by atoms with Gasteiger partial charge in [-0.25, -0.2) is 4.79 Å². The average molecular weight is 200 g/mol. The van der Waals surface area contributed by atoms with Crippen molar-refractivity contribution >= 4 is 23.4 Å². The van der Waals surface area contributed by atoms with E-state index in [4.69, 9.17) is 5.53 Å². The van der Waals surface area contributed by atoms with E-state index in [0.717, 1.165) is 14.0 Å². The van der Waals surface area contributed by atoms with E-state index in [9.17, 15) is 14.4 Å². The standard InChI is InChI=1S/C7H8N2O5/c1-4(10)14-3-5(11)6(9-8)7(12)13-2/h3H2,1-2H3. The molecule has 0 aliphatic rings. The van der Waals surface area contributed by atoms with Crippen LogP contribution >= 0.6 is 0 Å². The summed E-state index contributed by atoms with van der Waals surface area (Å²) in [5.41, 5.74) is 7.48. The Kier molecular flexibility index (Phi) is 4.80. The van der Waals surface area contributed by atoms with Gasteiger partial charge in [0.15, 0.2) is 6.61 Å². The first kappa shape index (κ1) is 12.0. The van der Waals surface area contributed by atoms with Gasteiger partial charge in [0.05, 0.1) is 7.11 Å². The van der Waals surface area contributed by atoms with E-state index in [1.165, 1.54) is 0 Å². The Hall–Kier alpha value is -2.01. The number of esters is 2. The number of hydrogen-bond donors (Lipinski definition) is 0. The Morgan fingerprint density at radius 3 is 2.29 bits per heavy atom. The second-order valence-corrected chi connectivity index (χ2v) is 2.14. The molecule has 0 spiro atoms. The van der Waals surface area contributed by atoms with Crippen LogP contribution in [0.15, 0.2) is 0 Å². The molecule has 7 nitrogen and oxygen atoms in total. The zero-order valence-electron chi connectivity index (χ0n) is 7.64. The van der Waals surface area contributed by atoms with Crippen molar-refractivity contribution in [3.05, 3.63) is 5.53 Å². The molecule has 0 rings (SSSR count). The van der Waals surface area contributed by atoms with E-state index in [1.54, 1.807) is 0 Å². The summed E-state index contributed by atoms with van der Waals surface area (Å²) in [6.45, 7) is 0.436. The molecule has 0 aliphatic heterocycles. The molecule has 0 unspecified atom stereocenters. The molecule has 0 saturated heterocycles. The van der Waals surface area contributed by atoms with Crippen LogP contribution in [0.3, 0.4) is 0 Å². The summed E-state index contributed by atoms with van der Waals surface area (Å²) in [6.07, 6.45) is 0. The molecule has 7 heteroatoms. The Labute approximate surface area is 79.2 Å². The molecular formula is C7H8N2O5. The van der Waals surface area contributed by atoms with Gasteiger partial charge in [0.25, 0.3) is 5.78 Å². The van der Waals surface area contributed by atoms with Gasteiger partial charge >= 0.3 is 17.7 Å². The van der Waals surface area contributed by atoms with Crippen LogP contribution in [0.1, 0.15) is 6.92 Å². The van der Waals surface area contributed by atoms with Gasteiger partial charge in [0.1, 0.15) is 0 Å². The van der Waals surface area contributed by atoms with E-state index in [-0.39, 0.29) is 0 Å². The predicted octanol–water partition coefficient (Wildman–Crippen LogP) is -1.04. The summed E-state index contributed by atoms with van der Waals surface area (Å²) < 4.78 is 8.43. The highest BCUT2D eigenvalue weighted by Crippen LogP contribution is 1.85. The second kappa shape index (κ2) is 5.60. The maximum absolute atomic E-state index is 11.0. The third-order valence-electron chi connectivity index (χ3n) is 1.15. The van der Waals surface area contributed by atoms with Crippen molar-refractivity contribution in [3.63, 3.8) is 0 Å². The largest absolute Gasteiger partial charge is 0.460 e. The molecule has 0 aromatic rings. The first-order valence-electron chi connectivity index (χ1n) is 3.49. The maximum Gasteiger partial charge on any atom is 0.445 e. The molecule has 0 saturated carbocycles. The topological polar surface area (TPSA) is 106 Å². The molecule has 0 heterocycles. The van der Waals surface area contributed by atoms with Gasteiger partial charge in [-0.05, 0) is 0 Å². The van der Waals surface area contributed by atoms with Gasteiger partial charge in [-0.3, -0.25) is 9.59 Å². The third kappa shape index (κ3) is 3.59. The normalized spacial score (nSPS) is 8.43. The first-order chi connectivity index (χ1) is 6.52. The summed E-state index contributed by atoms with van der Waals surface area (Å²) in [6, 6.07) is 0. The van der Waals surface area contributed by atoms with Gasteiger partial charge in [-0.15, -0.1) is 0 Å². The van der Waals surface area contributed by atoms with E-state index in [1.807, 2.05) is 0 Å². The smallest absolute Gasteiger partial charge is 0.445 e. The zero-order valence-corrected chi connectivity index (χ0v) is 7.64. The molecule has 0 radical (unpaired) electrons. The number of rotatable bonds is 4. The molecule has 0 aromatic heterocycles. The van der Waals surface area contributed by atoms with E-state index >= 15 is 0 Å². The number of carbonyl (C=O) groups is 3. The molecule has 0 amide bonds. The highest BCUT2D eigenvalue weighted by atomic mass is 16.5. The molecule has 0 bridgehead atoms. The van der Waals surface area contributed by atoms with Crippen LogP contribution in [0.5, 0.6) is 0 Å². The molecule has 0 aliphatic carbocycles. The quantitative estimate of drug-likeness (QED) is 0.189. The number of methoxy groups -OCH3 is 1. The van der Waals surface area contributed by atoms with Crippen LogP contribution in [0.25, 0.3) is 5.53 Å². The second-order valence-electron chi connectivity index (χ2n) is 2.14. The molecule has 0 fully saturated rings. The third-order valence-corrected chi connectivity index (χ3v) is 1.15. The van der Waals surface area contributed by atoms with Crippen LogP contribution in [0.4, 0.5) is 0 Å². The minimum Gasteiger partial charge on any atom is -0.460 e. The number of ether oxygens (including phenoxy) is 2. The van der Waals surface area contributed by atoms with E-state index < -0.39 is 30.0 Å². The van der Waals surface area contributed by atoms with Crippen LogP contribution in [-0.2, 0) is 23.9 Å². The predicted molar refractivity (Wildman–Crippen MR) is 42.3 cm³/mol. The summed E-state index contributed by atoms with van der Waals surface area (Å²) in [7, 11) is 1.02. The number of Topliss-reactive ketones (excluding diaryl/α,β-unsaturated/α-hetero) is 1. The van der Waals surface area contributed by atoms with Crippen molar-refractivity contribution in [1.82, 2.24) is 0 Å². The number of ketones is 1. The lowest BCUT2D eigenvalue weighted by atomic mass is 10.2. The summed E-state index contributed by atoms with van der Waals surface area (Å²) in [4.78, 5) is 34.5. The Morgan fingerprint density at radius 2 is 1.93 bits per heavy atom. The molecule has 0 N–H and O–H groups in total. The minimum absolute atomic E-state index is 0.663. The minimum atomic E-state index is -1.09. The lowest BCUT2D eigenvalue weighted by molar-refractivity contribution is -0.147. The summed E-state index contributed by atoms with van der Waals surface area (Å²) in [5, 5.41) is 0. The number of carbonyl (C=O) groups excluding carboxylic acids is 3. The molecule has 76 valence electrons. The fraction of sp³-hybridized carbons (Fsp3) is 0.429. The van der Waals surface area contributed by atoms with E-state index in [0.29, 0.717) is 0 Å². The lowest BCUT2D eigenvalue weighted by Gasteiger charge is -1.96. The van der Waals surface area contributed by atoms with Crippen molar-refractivity contribution < 1.29 is 28.6 Å². The highest BCUT2D eigenvalue weighted by Gasteiger charge is 2.30. The van der Waals surface area contributed by atoms with Crippen LogP contribution in [0.2, 0.25) is 0 Å². The van der Waals surface area contributed by atoms with Gasteiger partial charge in [-0.2, -0.15) is 4.79 Å². The lowest BCUT2D eigenvalue weighted by Crippen LogP contribution is -2.30. The van der Waals surface area contributed by atoms with Gasteiger partial charge < -0.3 is 15.0 Å². The maximum atomic E-state index is 11.0. The monoisotopic (exact) mass is 200 g/mol. The van der Waals surface area contributed by atoms with Crippen LogP contribution < -0.4 is 0 Å². The Morgan fingerprint density at radius 1 is 1.36 bits per heavy atom. The van der Waals surface area contributed by atoms with Crippen LogP contribution in [0, 0.1) is 0 Å². The summed E-state index contributed by atoms with van der Waals surface area (Å²) in [5.74, 6) is -2.71. The fourth-order valence-corrected chi connectivity index (χ4v) is 0.543. The molecule has 0 atom stereocenters. The molecule has 14 heavy (non-hydrogen) atoms. The Bertz CT molecular complexity index is 316. The Balaban J connectivity index is 4.43. The van der Waals surface area contributed by atoms with Crippen molar-refractivity contribution in [3.8, 4) is 0 Å². The van der Waals surface area contributed by atoms with Crippen molar-refractivity contribution in [2.45, 2.75) is 6.92 Å². The molecule has 0 aromatic carbocycles. The molecular weight excluding hydrogens is 192 g/mol. The van der Waals surface area contributed by atoms with Gasteiger partial charge in [0, 0.05) is 6.92 Å². The van der Waals surface area contributed by atoms with Crippen LogP contribution in [-0.4, -0.2) is 41.9 Å². The van der Waals surface area contributed by atoms with Crippen molar-refractivity contribution in [2.24, 2.45) is 0 Å². The highest BCUT2D eigenvalue weighted by molar-refractivity contribution is 6.62. The van der Waals surface area contributed by atoms with Gasteiger partial charge in [0.2, 0.25) is 0 Å². The van der Waals surface area contributed by atoms with Gasteiger partial charge in [-0.1, -0.05) is 0 Å². The number of nitrogens with zero attached hydrogens (tertiary/aromatic N) is 2. The number of hydrogen-bond acceptors (Lipinski definition) is 5. The summed E-state index contributed by atoms with van der Waals surface area (Å²) >= 11 is 0. The SMILES string of the molecule is COC(=O)C(=[N+]=[N-])C(=O)COC(C)=O.